The minimum Gasteiger partial charge on any atom is -0.397 e. The first-order chi connectivity index (χ1) is 11.7. The number of anilines is 2. The molecule has 0 saturated carbocycles. The molecule has 0 bridgehead atoms. The summed E-state index contributed by atoms with van der Waals surface area (Å²) in [6.07, 6.45) is -4.62. The fraction of sp³-hybridized carbons (Fsp3) is 0.125. The summed E-state index contributed by atoms with van der Waals surface area (Å²) in [4.78, 5) is 16.3. The number of halogens is 4. The van der Waals surface area contributed by atoms with Gasteiger partial charge in [-0.1, -0.05) is 0 Å². The number of hydrogen-bond acceptors (Lipinski definition) is 4. The fourth-order valence-corrected chi connectivity index (χ4v) is 3.42. The molecule has 3 aromatic rings. The minimum atomic E-state index is -4.62. The lowest BCUT2D eigenvalue weighted by atomic mass is 10.1. The van der Waals surface area contributed by atoms with Crippen molar-refractivity contribution in [3.05, 3.63) is 52.3 Å². The number of aryl methyl sites for hydroxylation is 1. The normalized spacial score (nSPS) is 11.7. The highest BCUT2D eigenvalue weighted by Gasteiger charge is 2.35. The lowest BCUT2D eigenvalue weighted by Gasteiger charge is -2.09. The maximum Gasteiger partial charge on any atom is 0.417 e. The third-order valence-electron chi connectivity index (χ3n) is 3.44. The van der Waals surface area contributed by atoms with E-state index in [0.717, 1.165) is 29.5 Å². The monoisotopic (exact) mass is 369 g/mol. The van der Waals surface area contributed by atoms with Crippen molar-refractivity contribution >= 4 is 38.8 Å². The molecule has 0 aliphatic carbocycles. The van der Waals surface area contributed by atoms with Crippen LogP contribution in [0.5, 0.6) is 0 Å². The highest BCUT2D eigenvalue weighted by Crippen LogP contribution is 2.42. The zero-order valence-corrected chi connectivity index (χ0v) is 13.6. The van der Waals surface area contributed by atoms with Gasteiger partial charge >= 0.3 is 6.18 Å². The standard InChI is InChI=1S/C16H11F4N3OS/c1-7-6-10(16(18,19)20)11-12(21)13(25-15(11)22-7)14(24)23-9-4-2-8(17)3-5-9/h2-6H,21H2,1H3,(H,23,24). The number of alkyl halides is 3. The number of rotatable bonds is 2. The lowest BCUT2D eigenvalue weighted by molar-refractivity contribution is -0.136. The summed E-state index contributed by atoms with van der Waals surface area (Å²) in [5.74, 6) is -1.16. The number of aromatic nitrogens is 1. The van der Waals surface area contributed by atoms with Crippen LogP contribution in [0.25, 0.3) is 10.2 Å². The molecule has 9 heteroatoms. The maximum absolute atomic E-state index is 13.3. The van der Waals surface area contributed by atoms with Crippen LogP contribution in [0, 0.1) is 12.7 Å². The number of amides is 1. The van der Waals surface area contributed by atoms with E-state index in [0.29, 0.717) is 5.69 Å². The molecule has 0 unspecified atom stereocenters. The zero-order chi connectivity index (χ0) is 18.4. The first-order valence-corrected chi connectivity index (χ1v) is 7.82. The van der Waals surface area contributed by atoms with Gasteiger partial charge in [0.2, 0.25) is 0 Å². The van der Waals surface area contributed by atoms with Crippen molar-refractivity contribution in [3.8, 4) is 0 Å². The van der Waals surface area contributed by atoms with Gasteiger partial charge in [0.05, 0.1) is 11.3 Å². The molecular weight excluding hydrogens is 358 g/mol. The number of carbonyl (C=O) groups excluding carboxylic acids is 1. The fourth-order valence-electron chi connectivity index (χ4n) is 2.36. The van der Waals surface area contributed by atoms with E-state index in [1.54, 1.807) is 0 Å². The first-order valence-electron chi connectivity index (χ1n) is 7.00. The highest BCUT2D eigenvalue weighted by atomic mass is 32.1. The summed E-state index contributed by atoms with van der Waals surface area (Å²) in [6.45, 7) is 1.43. The molecule has 2 aromatic heterocycles. The molecule has 0 radical (unpaired) electrons. The highest BCUT2D eigenvalue weighted by molar-refractivity contribution is 7.21. The number of nitrogen functional groups attached to an aromatic ring is 1. The summed E-state index contributed by atoms with van der Waals surface area (Å²) in [7, 11) is 0. The number of carbonyl (C=O) groups is 1. The number of thiophene rings is 1. The Balaban J connectivity index is 2.07. The lowest BCUT2D eigenvalue weighted by Crippen LogP contribution is -2.12. The molecule has 3 N–H and O–H groups in total. The van der Waals surface area contributed by atoms with Crippen LogP contribution < -0.4 is 11.1 Å². The number of nitrogens with zero attached hydrogens (tertiary/aromatic N) is 1. The van der Waals surface area contributed by atoms with Crippen LogP contribution in [0.3, 0.4) is 0 Å². The van der Waals surface area contributed by atoms with Crippen LogP contribution >= 0.6 is 11.3 Å². The molecule has 4 nitrogen and oxygen atoms in total. The molecular formula is C16H11F4N3OS. The topological polar surface area (TPSA) is 68.0 Å². The number of nitrogens with two attached hydrogens (primary N) is 1. The van der Waals surface area contributed by atoms with Gasteiger partial charge < -0.3 is 11.1 Å². The Hall–Kier alpha value is -2.68. The van der Waals surface area contributed by atoms with E-state index < -0.39 is 23.5 Å². The predicted molar refractivity (Wildman–Crippen MR) is 88.1 cm³/mol. The van der Waals surface area contributed by atoms with Gasteiger partial charge in [0.15, 0.2) is 0 Å². The molecule has 0 aliphatic heterocycles. The third kappa shape index (κ3) is 3.27. The predicted octanol–water partition coefficient (Wildman–Crippen LogP) is 4.60. The van der Waals surface area contributed by atoms with Crippen LogP contribution in [0.4, 0.5) is 28.9 Å². The van der Waals surface area contributed by atoms with Gasteiger partial charge in [0.1, 0.15) is 15.5 Å². The second-order valence-electron chi connectivity index (χ2n) is 5.29. The van der Waals surface area contributed by atoms with Crippen LogP contribution in [-0.4, -0.2) is 10.9 Å². The molecule has 1 aromatic carbocycles. The summed E-state index contributed by atoms with van der Waals surface area (Å²) >= 11 is 0.777. The van der Waals surface area contributed by atoms with Crippen LogP contribution in [0.1, 0.15) is 20.9 Å². The van der Waals surface area contributed by atoms with Crippen LogP contribution in [0.15, 0.2) is 30.3 Å². The smallest absolute Gasteiger partial charge is 0.397 e. The molecule has 0 spiro atoms. The Morgan fingerprint density at radius 2 is 1.88 bits per heavy atom. The molecule has 0 fully saturated rings. The van der Waals surface area contributed by atoms with Gasteiger partial charge in [0, 0.05) is 16.8 Å². The van der Waals surface area contributed by atoms with E-state index in [9.17, 15) is 22.4 Å². The Kier molecular flexibility index (Phi) is 4.11. The number of pyridine rings is 1. The van der Waals surface area contributed by atoms with Gasteiger partial charge in [-0.15, -0.1) is 11.3 Å². The van der Waals surface area contributed by atoms with Crippen molar-refractivity contribution in [3.63, 3.8) is 0 Å². The second-order valence-corrected chi connectivity index (χ2v) is 6.29. The Labute approximate surface area is 143 Å². The largest absolute Gasteiger partial charge is 0.417 e. The molecule has 0 saturated heterocycles. The average molecular weight is 369 g/mol. The van der Waals surface area contributed by atoms with Gasteiger partial charge in [-0.25, -0.2) is 9.37 Å². The third-order valence-corrected chi connectivity index (χ3v) is 4.54. The maximum atomic E-state index is 13.3. The SMILES string of the molecule is Cc1cc(C(F)(F)F)c2c(N)c(C(=O)Nc3ccc(F)cc3)sc2n1. The van der Waals surface area contributed by atoms with E-state index in [2.05, 4.69) is 10.3 Å². The van der Waals surface area contributed by atoms with Crippen LogP contribution in [-0.2, 0) is 6.18 Å². The van der Waals surface area contributed by atoms with Crippen molar-refractivity contribution < 1.29 is 22.4 Å². The Morgan fingerprint density at radius 3 is 2.48 bits per heavy atom. The quantitative estimate of drug-likeness (QED) is 0.649. The van der Waals surface area contributed by atoms with Crippen molar-refractivity contribution in [1.82, 2.24) is 4.98 Å². The zero-order valence-electron chi connectivity index (χ0n) is 12.7. The van der Waals surface area contributed by atoms with E-state index in [-0.39, 0.29) is 26.5 Å². The van der Waals surface area contributed by atoms with E-state index >= 15 is 0 Å². The molecule has 25 heavy (non-hydrogen) atoms. The summed E-state index contributed by atoms with van der Waals surface area (Å²) in [6, 6.07) is 5.86. The summed E-state index contributed by atoms with van der Waals surface area (Å²) in [5, 5.41) is 2.19. The molecule has 0 atom stereocenters. The Morgan fingerprint density at radius 1 is 1.24 bits per heavy atom. The van der Waals surface area contributed by atoms with Crippen molar-refractivity contribution in [1.29, 1.82) is 0 Å². The molecule has 2 heterocycles. The van der Waals surface area contributed by atoms with Gasteiger partial charge in [-0.3, -0.25) is 4.79 Å². The number of benzene rings is 1. The second kappa shape index (κ2) is 5.99. The summed E-state index contributed by atoms with van der Waals surface area (Å²) in [5.41, 5.74) is 5.08. The molecule has 0 aliphatic rings. The van der Waals surface area contributed by atoms with Crippen LogP contribution in [0.2, 0.25) is 0 Å². The first kappa shape index (κ1) is 17.2. The van der Waals surface area contributed by atoms with E-state index in [4.69, 9.17) is 5.73 Å². The number of hydrogen-bond donors (Lipinski definition) is 2. The molecule has 3 rings (SSSR count). The van der Waals surface area contributed by atoms with Gasteiger partial charge in [-0.2, -0.15) is 13.2 Å². The van der Waals surface area contributed by atoms with E-state index in [1.165, 1.54) is 19.1 Å². The molecule has 130 valence electrons. The molecule has 1 amide bonds. The van der Waals surface area contributed by atoms with E-state index in [1.807, 2.05) is 0 Å². The van der Waals surface area contributed by atoms with Gasteiger partial charge in [0.25, 0.3) is 5.91 Å². The minimum absolute atomic E-state index is 0.0362. The number of nitrogens with one attached hydrogen (secondary N) is 1. The number of fused-ring (bicyclic) bond motifs is 1. The summed E-state index contributed by atoms with van der Waals surface area (Å²) < 4.78 is 52.7. The van der Waals surface area contributed by atoms with Crippen molar-refractivity contribution in [2.24, 2.45) is 0 Å². The van der Waals surface area contributed by atoms with Crippen molar-refractivity contribution in [2.45, 2.75) is 13.1 Å². The Bertz CT molecular complexity index is 964. The average Bonchev–Trinajstić information content (AvgIpc) is 2.84. The van der Waals surface area contributed by atoms with Gasteiger partial charge in [-0.05, 0) is 37.3 Å². The van der Waals surface area contributed by atoms with Crippen molar-refractivity contribution in [2.75, 3.05) is 11.1 Å².